The number of ether oxygens (including phenoxy) is 1. The van der Waals surface area contributed by atoms with Crippen LogP contribution in [0.3, 0.4) is 0 Å². The molecule has 3 N–H and O–H groups in total. The number of rotatable bonds is 10. The van der Waals surface area contributed by atoms with E-state index >= 15 is 0 Å². The highest BCUT2D eigenvalue weighted by molar-refractivity contribution is 5.90. The summed E-state index contributed by atoms with van der Waals surface area (Å²) in [6, 6.07) is 17.7. The standard InChI is InChI=1S/C30H42N4O3/c1-21(2)17-27(29(35)32-19-23-10-13-26(37-3)14-11-23)33-16-15-25(12-9-22-7-5-4-6-8-22)34-20-24(31)18-28(34)30(33)36/h4-8,10-11,13-14,21,24-25,27-28H,9,12,15-20,31H2,1-3H3,(H,32,35)/t24-,25?,27-,28+/m1/s1. The zero-order valence-electron chi connectivity index (χ0n) is 22.4. The quantitative estimate of drug-likeness (QED) is 0.516. The van der Waals surface area contributed by atoms with Gasteiger partial charge in [-0.1, -0.05) is 56.3 Å². The number of benzene rings is 2. The summed E-state index contributed by atoms with van der Waals surface area (Å²) in [6.07, 6.45) is 4.08. The van der Waals surface area contributed by atoms with Crippen molar-refractivity contribution in [2.24, 2.45) is 11.7 Å². The Morgan fingerprint density at radius 1 is 1.11 bits per heavy atom. The Bertz CT molecular complexity index is 1030. The first kappa shape index (κ1) is 27.1. The summed E-state index contributed by atoms with van der Waals surface area (Å²) in [5.41, 5.74) is 8.68. The van der Waals surface area contributed by atoms with Crippen molar-refractivity contribution in [1.82, 2.24) is 15.1 Å². The molecule has 7 nitrogen and oxygen atoms in total. The van der Waals surface area contributed by atoms with Gasteiger partial charge in [-0.15, -0.1) is 0 Å². The van der Waals surface area contributed by atoms with Gasteiger partial charge in [-0.05, 0) is 61.3 Å². The van der Waals surface area contributed by atoms with E-state index in [1.165, 1.54) is 5.56 Å². The molecular weight excluding hydrogens is 464 g/mol. The van der Waals surface area contributed by atoms with E-state index in [9.17, 15) is 9.59 Å². The minimum Gasteiger partial charge on any atom is -0.497 e. The van der Waals surface area contributed by atoms with Gasteiger partial charge in [-0.2, -0.15) is 0 Å². The molecule has 2 amide bonds. The van der Waals surface area contributed by atoms with E-state index in [-0.39, 0.29) is 35.9 Å². The van der Waals surface area contributed by atoms with Crippen molar-refractivity contribution < 1.29 is 14.3 Å². The predicted octanol–water partition coefficient (Wildman–Crippen LogP) is 3.36. The van der Waals surface area contributed by atoms with E-state index in [0.717, 1.165) is 37.1 Å². The van der Waals surface area contributed by atoms with Crippen LogP contribution >= 0.6 is 0 Å². The Hall–Kier alpha value is -2.90. The summed E-state index contributed by atoms with van der Waals surface area (Å²) >= 11 is 0. The number of nitrogens with zero attached hydrogens (tertiary/aromatic N) is 2. The molecule has 2 fully saturated rings. The Kier molecular flexibility index (Phi) is 9.22. The maximum absolute atomic E-state index is 13.9. The lowest BCUT2D eigenvalue weighted by molar-refractivity contribution is -0.143. The normalized spacial score (nSPS) is 23.0. The van der Waals surface area contributed by atoms with Crippen LogP contribution in [-0.4, -0.2) is 66.0 Å². The third-order valence-corrected chi connectivity index (χ3v) is 7.72. The number of fused-ring (bicyclic) bond motifs is 1. The molecule has 0 spiro atoms. The number of hydrogen-bond acceptors (Lipinski definition) is 5. The summed E-state index contributed by atoms with van der Waals surface area (Å²) in [5.74, 6) is 1.03. The topological polar surface area (TPSA) is 87.9 Å². The molecule has 2 saturated heterocycles. The van der Waals surface area contributed by atoms with Crippen molar-refractivity contribution in [3.05, 3.63) is 65.7 Å². The van der Waals surface area contributed by atoms with Gasteiger partial charge >= 0.3 is 0 Å². The van der Waals surface area contributed by atoms with Gasteiger partial charge in [-0.25, -0.2) is 0 Å². The highest BCUT2D eigenvalue weighted by Crippen LogP contribution is 2.30. The molecule has 4 atom stereocenters. The molecular formula is C30H42N4O3. The van der Waals surface area contributed by atoms with Crippen molar-refractivity contribution >= 4 is 11.8 Å². The predicted molar refractivity (Wildman–Crippen MR) is 146 cm³/mol. The molecule has 37 heavy (non-hydrogen) atoms. The molecule has 0 aromatic heterocycles. The van der Waals surface area contributed by atoms with Gasteiger partial charge in [-0.3, -0.25) is 14.5 Å². The molecule has 2 aliphatic rings. The minimum atomic E-state index is -0.489. The molecule has 0 saturated carbocycles. The van der Waals surface area contributed by atoms with Crippen molar-refractivity contribution in [1.29, 1.82) is 0 Å². The second-order valence-electron chi connectivity index (χ2n) is 10.9. The van der Waals surface area contributed by atoms with Gasteiger partial charge in [0.2, 0.25) is 11.8 Å². The van der Waals surface area contributed by atoms with Crippen LogP contribution in [0.25, 0.3) is 0 Å². The average Bonchev–Trinajstić information content (AvgIpc) is 3.24. The lowest BCUT2D eigenvalue weighted by Crippen LogP contribution is -2.53. The molecule has 2 aromatic rings. The molecule has 0 bridgehead atoms. The van der Waals surface area contributed by atoms with Gasteiger partial charge in [0.1, 0.15) is 11.8 Å². The van der Waals surface area contributed by atoms with Crippen LogP contribution in [0.2, 0.25) is 0 Å². The summed E-state index contributed by atoms with van der Waals surface area (Å²) in [7, 11) is 1.63. The Morgan fingerprint density at radius 2 is 1.84 bits per heavy atom. The van der Waals surface area contributed by atoms with E-state index in [1.54, 1.807) is 7.11 Å². The van der Waals surface area contributed by atoms with Gasteiger partial charge in [0.25, 0.3) is 0 Å². The Balaban J connectivity index is 1.48. The number of carbonyl (C=O) groups is 2. The number of methoxy groups -OCH3 is 1. The third-order valence-electron chi connectivity index (χ3n) is 7.72. The van der Waals surface area contributed by atoms with E-state index in [2.05, 4.69) is 48.3 Å². The summed E-state index contributed by atoms with van der Waals surface area (Å²) in [5, 5.41) is 3.09. The largest absolute Gasteiger partial charge is 0.497 e. The second kappa shape index (κ2) is 12.6. The molecule has 1 unspecified atom stereocenters. The summed E-state index contributed by atoms with van der Waals surface area (Å²) in [6.45, 7) is 5.95. The maximum Gasteiger partial charge on any atom is 0.243 e. The van der Waals surface area contributed by atoms with Crippen molar-refractivity contribution in [2.45, 2.75) is 76.7 Å². The number of nitrogens with one attached hydrogen (secondary N) is 1. The Morgan fingerprint density at radius 3 is 2.51 bits per heavy atom. The number of nitrogens with two attached hydrogens (primary N) is 1. The van der Waals surface area contributed by atoms with Crippen molar-refractivity contribution in [2.75, 3.05) is 20.2 Å². The lowest BCUT2D eigenvalue weighted by Gasteiger charge is -2.33. The highest BCUT2D eigenvalue weighted by atomic mass is 16.5. The highest BCUT2D eigenvalue weighted by Gasteiger charge is 2.45. The number of amides is 2. The monoisotopic (exact) mass is 506 g/mol. The van der Waals surface area contributed by atoms with E-state index in [4.69, 9.17) is 10.5 Å². The second-order valence-corrected chi connectivity index (χ2v) is 10.9. The zero-order valence-corrected chi connectivity index (χ0v) is 22.4. The van der Waals surface area contributed by atoms with E-state index in [0.29, 0.717) is 25.9 Å². The fourth-order valence-corrected chi connectivity index (χ4v) is 5.77. The first-order chi connectivity index (χ1) is 17.9. The van der Waals surface area contributed by atoms with Crippen LogP contribution in [0.4, 0.5) is 0 Å². The lowest BCUT2D eigenvalue weighted by atomic mass is 9.99. The van der Waals surface area contributed by atoms with Crippen LogP contribution in [0.1, 0.15) is 50.7 Å². The fraction of sp³-hybridized carbons (Fsp3) is 0.533. The Labute approximate surface area is 221 Å². The molecule has 0 radical (unpaired) electrons. The van der Waals surface area contributed by atoms with E-state index < -0.39 is 6.04 Å². The number of carbonyl (C=O) groups excluding carboxylic acids is 2. The van der Waals surface area contributed by atoms with Gasteiger partial charge in [0, 0.05) is 31.7 Å². The van der Waals surface area contributed by atoms with Crippen molar-refractivity contribution in [3.63, 3.8) is 0 Å². The summed E-state index contributed by atoms with van der Waals surface area (Å²) in [4.78, 5) is 31.6. The van der Waals surface area contributed by atoms with Crippen LogP contribution < -0.4 is 15.8 Å². The smallest absolute Gasteiger partial charge is 0.243 e. The van der Waals surface area contributed by atoms with Gasteiger partial charge in [0.05, 0.1) is 13.2 Å². The summed E-state index contributed by atoms with van der Waals surface area (Å²) < 4.78 is 5.23. The molecule has 4 rings (SSSR count). The molecule has 2 aliphatic heterocycles. The third kappa shape index (κ3) is 6.90. The van der Waals surface area contributed by atoms with Crippen LogP contribution in [0.5, 0.6) is 5.75 Å². The molecule has 0 aliphatic carbocycles. The molecule has 2 heterocycles. The fourth-order valence-electron chi connectivity index (χ4n) is 5.77. The molecule has 7 heteroatoms. The number of hydrogen-bond donors (Lipinski definition) is 2. The van der Waals surface area contributed by atoms with Gasteiger partial charge < -0.3 is 20.7 Å². The minimum absolute atomic E-state index is 0.0134. The number of aryl methyl sites for hydroxylation is 1. The molecule has 200 valence electrons. The zero-order chi connectivity index (χ0) is 26.4. The van der Waals surface area contributed by atoms with Crippen molar-refractivity contribution in [3.8, 4) is 5.75 Å². The maximum atomic E-state index is 13.9. The van der Waals surface area contributed by atoms with Crippen LogP contribution in [0.15, 0.2) is 54.6 Å². The molecule has 2 aromatic carbocycles. The van der Waals surface area contributed by atoms with Gasteiger partial charge in [0.15, 0.2) is 0 Å². The van der Waals surface area contributed by atoms with Crippen LogP contribution in [0, 0.1) is 5.92 Å². The first-order valence-electron chi connectivity index (χ1n) is 13.6. The SMILES string of the molecule is COc1ccc(CNC(=O)[C@@H](CC(C)C)N2CCC(CCc3ccccc3)N3C[C@H](N)C[C@H]3C2=O)cc1. The first-order valence-corrected chi connectivity index (χ1v) is 13.6. The van der Waals surface area contributed by atoms with Crippen LogP contribution in [-0.2, 0) is 22.6 Å². The van der Waals surface area contributed by atoms with E-state index in [1.807, 2.05) is 35.2 Å². The average molecular weight is 507 g/mol.